The molecule has 2 unspecified atom stereocenters. The number of aliphatic hydroxyl groups is 1. The average Bonchev–Trinajstić information content (AvgIpc) is 2.36. The number of carbonyl (C=O) groups excluding carboxylic acids is 1. The van der Waals surface area contributed by atoms with E-state index in [0.29, 0.717) is 18.0 Å². The number of nitrogens with one attached hydrogen (secondary N) is 1. The molecule has 4 nitrogen and oxygen atoms in total. The van der Waals surface area contributed by atoms with E-state index in [2.05, 4.69) is 26.2 Å². The summed E-state index contributed by atoms with van der Waals surface area (Å²) in [7, 11) is 0. The van der Waals surface area contributed by atoms with E-state index in [1.54, 1.807) is 18.5 Å². The van der Waals surface area contributed by atoms with Crippen molar-refractivity contribution in [2.75, 3.05) is 6.54 Å². The van der Waals surface area contributed by atoms with Gasteiger partial charge in [0.25, 0.3) is 5.91 Å². The highest BCUT2D eigenvalue weighted by molar-refractivity contribution is 9.10. The van der Waals surface area contributed by atoms with Gasteiger partial charge in [0.1, 0.15) is 0 Å². The van der Waals surface area contributed by atoms with Gasteiger partial charge in [-0.05, 0) is 47.2 Å². The fourth-order valence-electron chi connectivity index (χ4n) is 2.32. The summed E-state index contributed by atoms with van der Waals surface area (Å²) in [4.78, 5) is 15.9. The Balaban J connectivity index is 1.84. The van der Waals surface area contributed by atoms with Gasteiger partial charge in [-0.15, -0.1) is 0 Å². The van der Waals surface area contributed by atoms with Crippen molar-refractivity contribution < 1.29 is 9.90 Å². The molecular formula is C13H17BrN2O2. The molecule has 2 rings (SSSR count). The number of amides is 1. The molecule has 1 aliphatic rings. The Bertz CT molecular complexity index is 425. The minimum absolute atomic E-state index is 0.108. The summed E-state index contributed by atoms with van der Waals surface area (Å²) in [5, 5.41) is 12.5. The molecule has 1 saturated carbocycles. The van der Waals surface area contributed by atoms with Gasteiger partial charge in [-0.2, -0.15) is 0 Å². The third-order valence-corrected chi connectivity index (χ3v) is 3.71. The Morgan fingerprint density at radius 2 is 2.33 bits per heavy atom. The fraction of sp³-hybridized carbons (Fsp3) is 0.538. The van der Waals surface area contributed by atoms with E-state index in [1.807, 2.05) is 0 Å². The van der Waals surface area contributed by atoms with Crippen molar-refractivity contribution in [2.45, 2.75) is 31.8 Å². The zero-order chi connectivity index (χ0) is 13.0. The second-order valence-electron chi connectivity index (χ2n) is 4.79. The highest BCUT2D eigenvalue weighted by atomic mass is 79.9. The van der Waals surface area contributed by atoms with Gasteiger partial charge in [-0.25, -0.2) is 0 Å². The van der Waals surface area contributed by atoms with Gasteiger partial charge in [0.05, 0.1) is 11.7 Å². The van der Waals surface area contributed by atoms with E-state index in [0.717, 1.165) is 30.2 Å². The molecule has 1 amide bonds. The number of hydrogen-bond donors (Lipinski definition) is 2. The van der Waals surface area contributed by atoms with Crippen LogP contribution in [0.4, 0.5) is 0 Å². The minimum atomic E-state index is -0.201. The SMILES string of the molecule is O=C(NCC1CCCC(O)C1)c1cncc(Br)c1. The predicted octanol–water partition coefficient (Wildman–Crippen LogP) is 2.12. The number of carbonyl (C=O) groups is 1. The molecule has 0 saturated heterocycles. The molecule has 1 aromatic rings. The largest absolute Gasteiger partial charge is 0.393 e. The van der Waals surface area contributed by atoms with Crippen LogP contribution in [0.5, 0.6) is 0 Å². The standard InChI is InChI=1S/C13H17BrN2O2/c14-11-5-10(7-15-8-11)13(18)16-6-9-2-1-3-12(17)4-9/h5,7-9,12,17H,1-4,6H2,(H,16,18). The summed E-state index contributed by atoms with van der Waals surface area (Å²) >= 11 is 3.29. The van der Waals surface area contributed by atoms with Gasteiger partial charge >= 0.3 is 0 Å². The van der Waals surface area contributed by atoms with Crippen LogP contribution < -0.4 is 5.32 Å². The third-order valence-electron chi connectivity index (χ3n) is 3.27. The molecule has 2 N–H and O–H groups in total. The second kappa shape index (κ2) is 6.29. The molecule has 0 aromatic carbocycles. The van der Waals surface area contributed by atoms with Crippen LogP contribution in [0.25, 0.3) is 0 Å². The lowest BCUT2D eigenvalue weighted by atomic mass is 9.87. The first-order valence-electron chi connectivity index (χ1n) is 6.22. The summed E-state index contributed by atoms with van der Waals surface area (Å²) < 4.78 is 0.795. The van der Waals surface area contributed by atoms with Gasteiger partial charge in [0.15, 0.2) is 0 Å². The van der Waals surface area contributed by atoms with E-state index >= 15 is 0 Å². The summed E-state index contributed by atoms with van der Waals surface area (Å²) in [6.07, 6.45) is 6.79. The first-order chi connectivity index (χ1) is 8.65. The molecule has 1 heterocycles. The quantitative estimate of drug-likeness (QED) is 0.898. The average molecular weight is 313 g/mol. The molecule has 0 bridgehead atoms. The zero-order valence-electron chi connectivity index (χ0n) is 10.1. The van der Waals surface area contributed by atoms with Crippen molar-refractivity contribution in [3.8, 4) is 0 Å². The van der Waals surface area contributed by atoms with E-state index in [-0.39, 0.29) is 12.0 Å². The van der Waals surface area contributed by atoms with Crippen molar-refractivity contribution in [1.29, 1.82) is 0 Å². The molecule has 98 valence electrons. The highest BCUT2D eigenvalue weighted by Crippen LogP contribution is 2.23. The number of hydrogen-bond acceptors (Lipinski definition) is 3. The Kier molecular flexibility index (Phi) is 4.72. The lowest BCUT2D eigenvalue weighted by Crippen LogP contribution is -2.33. The van der Waals surface area contributed by atoms with Gasteiger partial charge in [-0.1, -0.05) is 6.42 Å². The van der Waals surface area contributed by atoms with Crippen molar-refractivity contribution >= 4 is 21.8 Å². The van der Waals surface area contributed by atoms with Crippen LogP contribution in [0.1, 0.15) is 36.0 Å². The number of pyridine rings is 1. The van der Waals surface area contributed by atoms with Crippen molar-refractivity contribution in [2.24, 2.45) is 5.92 Å². The number of halogens is 1. The van der Waals surface area contributed by atoms with Crippen LogP contribution in [0.3, 0.4) is 0 Å². The maximum Gasteiger partial charge on any atom is 0.252 e. The molecule has 1 fully saturated rings. The van der Waals surface area contributed by atoms with Crippen LogP contribution in [0.15, 0.2) is 22.9 Å². The Hall–Kier alpha value is -0.940. The van der Waals surface area contributed by atoms with Crippen molar-refractivity contribution in [3.05, 3.63) is 28.5 Å². The predicted molar refractivity (Wildman–Crippen MR) is 72.2 cm³/mol. The molecule has 2 atom stereocenters. The molecule has 18 heavy (non-hydrogen) atoms. The van der Waals surface area contributed by atoms with Crippen molar-refractivity contribution in [3.63, 3.8) is 0 Å². The molecule has 0 radical (unpaired) electrons. The first kappa shape index (κ1) is 13.5. The molecule has 1 aliphatic carbocycles. The first-order valence-corrected chi connectivity index (χ1v) is 7.01. The minimum Gasteiger partial charge on any atom is -0.393 e. The van der Waals surface area contributed by atoms with Crippen LogP contribution in [0, 0.1) is 5.92 Å². The lowest BCUT2D eigenvalue weighted by Gasteiger charge is -2.25. The van der Waals surface area contributed by atoms with Gasteiger partial charge in [0.2, 0.25) is 0 Å². The van der Waals surface area contributed by atoms with Crippen LogP contribution in [-0.2, 0) is 0 Å². The summed E-state index contributed by atoms with van der Waals surface area (Å²) in [5.74, 6) is 0.279. The molecule has 1 aromatic heterocycles. The van der Waals surface area contributed by atoms with E-state index in [9.17, 15) is 9.90 Å². The summed E-state index contributed by atoms with van der Waals surface area (Å²) in [6, 6.07) is 1.75. The molecule has 5 heteroatoms. The topological polar surface area (TPSA) is 62.2 Å². The van der Waals surface area contributed by atoms with Crippen molar-refractivity contribution in [1.82, 2.24) is 10.3 Å². The smallest absolute Gasteiger partial charge is 0.252 e. The van der Waals surface area contributed by atoms with E-state index in [1.165, 1.54) is 0 Å². The number of aromatic nitrogens is 1. The van der Waals surface area contributed by atoms with E-state index < -0.39 is 0 Å². The highest BCUT2D eigenvalue weighted by Gasteiger charge is 2.20. The van der Waals surface area contributed by atoms with Gasteiger partial charge < -0.3 is 10.4 Å². The zero-order valence-corrected chi connectivity index (χ0v) is 11.7. The summed E-state index contributed by atoms with van der Waals surface area (Å²) in [6.45, 7) is 0.627. The van der Waals surface area contributed by atoms with Gasteiger partial charge in [-0.3, -0.25) is 9.78 Å². The maximum atomic E-state index is 11.9. The Labute approximate surface area is 115 Å². The normalized spacial score (nSPS) is 23.7. The third kappa shape index (κ3) is 3.78. The van der Waals surface area contributed by atoms with Crippen LogP contribution >= 0.6 is 15.9 Å². The second-order valence-corrected chi connectivity index (χ2v) is 5.70. The van der Waals surface area contributed by atoms with Crippen LogP contribution in [-0.4, -0.2) is 28.6 Å². The number of nitrogens with zero attached hydrogens (tertiary/aromatic N) is 1. The lowest BCUT2D eigenvalue weighted by molar-refractivity contribution is 0.0873. The summed E-state index contributed by atoms with van der Waals surface area (Å²) in [5.41, 5.74) is 0.556. The Morgan fingerprint density at radius 1 is 1.50 bits per heavy atom. The maximum absolute atomic E-state index is 11.9. The molecule has 0 spiro atoms. The molecular weight excluding hydrogens is 296 g/mol. The molecule has 0 aliphatic heterocycles. The van der Waals surface area contributed by atoms with E-state index in [4.69, 9.17) is 0 Å². The van der Waals surface area contributed by atoms with Gasteiger partial charge in [0, 0.05) is 23.4 Å². The number of aliphatic hydroxyl groups excluding tert-OH is 1. The monoisotopic (exact) mass is 312 g/mol. The number of rotatable bonds is 3. The Morgan fingerprint density at radius 3 is 3.06 bits per heavy atom. The fourth-order valence-corrected chi connectivity index (χ4v) is 2.69. The van der Waals surface area contributed by atoms with Crippen LogP contribution in [0.2, 0.25) is 0 Å².